The maximum absolute atomic E-state index is 5.53. The summed E-state index contributed by atoms with van der Waals surface area (Å²) in [6.45, 7) is 4.64. The summed E-state index contributed by atoms with van der Waals surface area (Å²) in [5.74, 6) is 1.73. The number of methoxy groups -OCH3 is 1. The van der Waals surface area contributed by atoms with E-state index in [1.54, 1.807) is 13.4 Å². The van der Waals surface area contributed by atoms with Crippen molar-refractivity contribution >= 4 is 23.2 Å². The third kappa shape index (κ3) is 4.21. The zero-order valence-corrected chi connectivity index (χ0v) is 18.7. The van der Waals surface area contributed by atoms with Crippen molar-refractivity contribution < 1.29 is 4.74 Å². The Kier molecular flexibility index (Phi) is 5.82. The van der Waals surface area contributed by atoms with Gasteiger partial charge >= 0.3 is 0 Å². The maximum Gasteiger partial charge on any atom is 0.160 e. The summed E-state index contributed by atoms with van der Waals surface area (Å²) in [5, 5.41) is 2.57. The van der Waals surface area contributed by atoms with Gasteiger partial charge in [0.15, 0.2) is 5.82 Å². The molecule has 2 aromatic carbocycles. The SMILES string of the molecule is COc1ccccc1CN1Cc2ncnc(N=C3C=c4ccccc4=C(C)CCC3)c2C1. The maximum atomic E-state index is 5.53. The Labute approximate surface area is 188 Å². The van der Waals surface area contributed by atoms with Gasteiger partial charge in [0, 0.05) is 36.5 Å². The zero-order valence-electron chi connectivity index (χ0n) is 18.7. The Morgan fingerprint density at radius 3 is 2.75 bits per heavy atom. The quantitative estimate of drug-likeness (QED) is 0.637. The van der Waals surface area contributed by atoms with Crippen molar-refractivity contribution in [3.05, 3.63) is 82.1 Å². The second-order valence-electron chi connectivity index (χ2n) is 8.55. The van der Waals surface area contributed by atoms with Crippen LogP contribution in [0.3, 0.4) is 0 Å². The lowest BCUT2D eigenvalue weighted by molar-refractivity contribution is 0.268. The zero-order chi connectivity index (χ0) is 21.9. The van der Waals surface area contributed by atoms with Crippen LogP contribution < -0.4 is 15.2 Å². The molecule has 5 rings (SSSR count). The number of para-hydroxylation sites is 1. The lowest BCUT2D eigenvalue weighted by Gasteiger charge is -2.16. The Balaban J connectivity index is 1.46. The number of benzene rings is 2. The lowest BCUT2D eigenvalue weighted by atomic mass is 10.00. The minimum Gasteiger partial charge on any atom is -0.496 e. The highest BCUT2D eigenvalue weighted by Crippen LogP contribution is 2.31. The normalized spacial score (nSPS) is 17.3. The van der Waals surface area contributed by atoms with E-state index < -0.39 is 0 Å². The first-order chi connectivity index (χ1) is 15.7. The third-order valence-corrected chi connectivity index (χ3v) is 6.33. The van der Waals surface area contributed by atoms with E-state index in [0.717, 1.165) is 67.4 Å². The molecule has 3 aromatic rings. The molecule has 5 nitrogen and oxygen atoms in total. The van der Waals surface area contributed by atoms with Gasteiger partial charge in [-0.2, -0.15) is 0 Å². The molecule has 0 radical (unpaired) electrons. The van der Waals surface area contributed by atoms with Crippen molar-refractivity contribution in [3.8, 4) is 5.75 Å². The van der Waals surface area contributed by atoms with Crippen LogP contribution in [0.1, 0.15) is 43.0 Å². The lowest BCUT2D eigenvalue weighted by Crippen LogP contribution is -2.28. The van der Waals surface area contributed by atoms with Gasteiger partial charge in [-0.3, -0.25) is 4.90 Å². The molecule has 32 heavy (non-hydrogen) atoms. The highest BCUT2D eigenvalue weighted by molar-refractivity contribution is 6.11. The summed E-state index contributed by atoms with van der Waals surface area (Å²) in [7, 11) is 1.72. The van der Waals surface area contributed by atoms with Gasteiger partial charge in [-0.25, -0.2) is 15.0 Å². The molecule has 5 heteroatoms. The Bertz CT molecular complexity index is 1300. The van der Waals surface area contributed by atoms with Gasteiger partial charge in [0.25, 0.3) is 0 Å². The molecule has 0 amide bonds. The molecule has 0 atom stereocenters. The second-order valence-corrected chi connectivity index (χ2v) is 8.55. The molecule has 0 saturated carbocycles. The summed E-state index contributed by atoms with van der Waals surface area (Å²) in [5.41, 5.74) is 5.94. The predicted molar refractivity (Wildman–Crippen MR) is 128 cm³/mol. The van der Waals surface area contributed by atoms with E-state index in [1.165, 1.54) is 21.6 Å². The van der Waals surface area contributed by atoms with Gasteiger partial charge in [-0.15, -0.1) is 0 Å². The third-order valence-electron chi connectivity index (χ3n) is 6.33. The molecule has 0 saturated heterocycles. The first-order valence-electron chi connectivity index (χ1n) is 11.2. The molecule has 1 aliphatic carbocycles. The number of hydrogen-bond acceptors (Lipinski definition) is 5. The molecule has 1 aliphatic heterocycles. The van der Waals surface area contributed by atoms with E-state index in [-0.39, 0.29) is 0 Å². The first-order valence-corrected chi connectivity index (χ1v) is 11.2. The molecule has 2 heterocycles. The molecule has 0 N–H and O–H groups in total. The topological polar surface area (TPSA) is 50.6 Å². The van der Waals surface area contributed by atoms with Crippen LogP contribution in [0, 0.1) is 0 Å². The number of fused-ring (bicyclic) bond motifs is 2. The van der Waals surface area contributed by atoms with Gasteiger partial charge in [0.2, 0.25) is 0 Å². The summed E-state index contributed by atoms with van der Waals surface area (Å²) in [4.78, 5) is 16.5. The number of hydrogen-bond donors (Lipinski definition) is 0. The standard InChI is InChI=1S/C27H28N4O/c1-19-8-7-11-22(14-20-9-3-5-12-23(19)20)30-27-24-16-31(17-25(24)28-18-29-27)15-21-10-4-6-13-26(21)32-2/h3-6,9-10,12-14,18H,7-8,11,15-17H2,1-2H3. The number of rotatable bonds is 4. The van der Waals surface area contributed by atoms with E-state index in [4.69, 9.17) is 9.73 Å². The molecule has 0 spiro atoms. The van der Waals surface area contributed by atoms with Crippen molar-refractivity contribution in [2.45, 2.75) is 45.8 Å². The van der Waals surface area contributed by atoms with Crippen LogP contribution in [-0.2, 0) is 19.6 Å². The molecular weight excluding hydrogens is 396 g/mol. The van der Waals surface area contributed by atoms with Crippen molar-refractivity contribution in [3.63, 3.8) is 0 Å². The monoisotopic (exact) mass is 424 g/mol. The van der Waals surface area contributed by atoms with Gasteiger partial charge in [-0.1, -0.05) is 48.0 Å². The van der Waals surface area contributed by atoms with Gasteiger partial charge in [-0.05, 0) is 48.8 Å². The Morgan fingerprint density at radius 2 is 1.84 bits per heavy atom. The Hall–Kier alpha value is -3.31. The molecule has 0 bridgehead atoms. The van der Waals surface area contributed by atoms with E-state index in [9.17, 15) is 0 Å². The van der Waals surface area contributed by atoms with Crippen LogP contribution in [0.25, 0.3) is 11.6 Å². The molecule has 0 unspecified atom stereocenters. The van der Waals surface area contributed by atoms with Gasteiger partial charge in [0.05, 0.1) is 12.8 Å². The van der Waals surface area contributed by atoms with Crippen molar-refractivity contribution in [2.24, 2.45) is 4.99 Å². The number of ether oxygens (including phenoxy) is 1. The molecule has 2 aliphatic rings. The van der Waals surface area contributed by atoms with Crippen LogP contribution in [0.2, 0.25) is 0 Å². The number of nitrogens with zero attached hydrogens (tertiary/aromatic N) is 4. The highest BCUT2D eigenvalue weighted by Gasteiger charge is 2.24. The smallest absolute Gasteiger partial charge is 0.160 e. The van der Waals surface area contributed by atoms with Crippen molar-refractivity contribution in [1.29, 1.82) is 0 Å². The van der Waals surface area contributed by atoms with Crippen LogP contribution in [0.15, 0.2) is 59.9 Å². The average molecular weight is 425 g/mol. The number of aliphatic imine (C=N–C) groups is 1. The minimum atomic E-state index is 0.795. The second kappa shape index (κ2) is 9.05. The summed E-state index contributed by atoms with van der Waals surface area (Å²) < 4.78 is 5.53. The fourth-order valence-electron chi connectivity index (χ4n) is 4.67. The fourth-order valence-corrected chi connectivity index (χ4v) is 4.67. The summed E-state index contributed by atoms with van der Waals surface area (Å²) in [6, 6.07) is 16.8. The predicted octanol–water partition coefficient (Wildman–Crippen LogP) is 3.91. The molecule has 1 aromatic heterocycles. The molecule has 0 fully saturated rings. The largest absolute Gasteiger partial charge is 0.496 e. The van der Waals surface area contributed by atoms with Gasteiger partial charge in [0.1, 0.15) is 12.1 Å². The average Bonchev–Trinajstić information content (AvgIpc) is 3.22. The highest BCUT2D eigenvalue weighted by atomic mass is 16.5. The van der Waals surface area contributed by atoms with Crippen molar-refractivity contribution in [1.82, 2.24) is 14.9 Å². The van der Waals surface area contributed by atoms with E-state index >= 15 is 0 Å². The van der Waals surface area contributed by atoms with Crippen LogP contribution in [-0.4, -0.2) is 27.7 Å². The minimum absolute atomic E-state index is 0.795. The van der Waals surface area contributed by atoms with Crippen molar-refractivity contribution in [2.75, 3.05) is 7.11 Å². The number of aromatic nitrogens is 2. The van der Waals surface area contributed by atoms with E-state index in [1.807, 2.05) is 12.1 Å². The fraction of sp³-hybridized carbons (Fsp3) is 0.296. The van der Waals surface area contributed by atoms with E-state index in [2.05, 4.69) is 64.3 Å². The first kappa shape index (κ1) is 20.6. The van der Waals surface area contributed by atoms with Gasteiger partial charge < -0.3 is 4.74 Å². The van der Waals surface area contributed by atoms with Crippen LogP contribution in [0.5, 0.6) is 5.75 Å². The Morgan fingerprint density at radius 1 is 1.00 bits per heavy atom. The molecular formula is C27H28N4O. The van der Waals surface area contributed by atoms with Crippen LogP contribution >= 0.6 is 0 Å². The molecule has 162 valence electrons. The summed E-state index contributed by atoms with van der Waals surface area (Å²) >= 11 is 0. The summed E-state index contributed by atoms with van der Waals surface area (Å²) in [6.07, 6.45) is 7.03. The van der Waals surface area contributed by atoms with E-state index in [0.29, 0.717) is 0 Å². The van der Waals surface area contributed by atoms with Crippen LogP contribution in [0.4, 0.5) is 5.82 Å².